The van der Waals surface area contributed by atoms with Crippen molar-refractivity contribution in [1.82, 2.24) is 0 Å². The summed E-state index contributed by atoms with van der Waals surface area (Å²) >= 11 is 0. The lowest BCUT2D eigenvalue weighted by Crippen LogP contribution is -2.06. The van der Waals surface area contributed by atoms with E-state index in [0.717, 1.165) is 6.26 Å². The third-order valence-corrected chi connectivity index (χ3v) is 1.06. The van der Waals surface area contributed by atoms with E-state index in [1.165, 1.54) is 6.26 Å². The number of aliphatic hydroxyl groups excluding tert-OH is 2. The normalized spacial score (nSPS) is 11.9. The molecule has 0 aliphatic rings. The quantitative estimate of drug-likeness (QED) is 0.314. The Morgan fingerprint density at radius 3 is 2.58 bits per heavy atom. The van der Waals surface area contributed by atoms with Gasteiger partial charge in [-0.05, 0) is 18.6 Å². The summed E-state index contributed by atoms with van der Waals surface area (Å²) in [4.78, 5) is 0. The van der Waals surface area contributed by atoms with Gasteiger partial charge in [0, 0.05) is 6.42 Å². The van der Waals surface area contributed by atoms with Crippen molar-refractivity contribution >= 4 is 0 Å². The summed E-state index contributed by atoms with van der Waals surface area (Å²) in [5, 5.41) is 25.0. The second-order valence-electron chi connectivity index (χ2n) is 2.13. The average Bonchev–Trinajstić information content (AvgIpc) is 2.02. The third-order valence-electron chi connectivity index (χ3n) is 1.06. The van der Waals surface area contributed by atoms with Gasteiger partial charge in [-0.25, -0.2) is 0 Å². The molecule has 0 bridgehead atoms. The van der Waals surface area contributed by atoms with Crippen molar-refractivity contribution in [3.05, 3.63) is 24.7 Å². The van der Waals surface area contributed by atoms with Crippen LogP contribution in [-0.4, -0.2) is 28.2 Å². The first kappa shape index (κ1) is 11.0. The van der Waals surface area contributed by atoms with E-state index >= 15 is 0 Å². The maximum atomic E-state index is 8.40. The minimum absolute atomic E-state index is 0.195. The van der Waals surface area contributed by atoms with Gasteiger partial charge in [0.15, 0.2) is 6.29 Å². The van der Waals surface area contributed by atoms with E-state index in [2.05, 4.69) is 0 Å². The highest BCUT2D eigenvalue weighted by molar-refractivity contribution is 4.85. The molecule has 12 heavy (non-hydrogen) atoms. The zero-order chi connectivity index (χ0) is 9.23. The Kier molecular flexibility index (Phi) is 7.42. The van der Waals surface area contributed by atoms with Crippen LogP contribution < -0.4 is 0 Å². The summed E-state index contributed by atoms with van der Waals surface area (Å²) in [6.45, 7) is 0.275. The molecule has 0 rings (SSSR count). The Hall–Kier alpha value is -1.00. The highest BCUT2D eigenvalue weighted by atomic mass is 16.5. The van der Waals surface area contributed by atoms with Crippen LogP contribution in [0.2, 0.25) is 0 Å². The fraction of sp³-hybridized carbons (Fsp3) is 0.500. The first-order chi connectivity index (χ1) is 5.77. The van der Waals surface area contributed by atoms with Crippen molar-refractivity contribution < 1.29 is 20.1 Å². The lowest BCUT2D eigenvalue weighted by atomic mass is 10.4. The zero-order valence-electron chi connectivity index (χ0n) is 6.76. The third kappa shape index (κ3) is 9.00. The van der Waals surface area contributed by atoms with Crippen molar-refractivity contribution in [3.63, 3.8) is 0 Å². The van der Waals surface area contributed by atoms with Gasteiger partial charge in [-0.3, -0.25) is 0 Å². The summed E-state index contributed by atoms with van der Waals surface area (Å²) in [7, 11) is 0. The topological polar surface area (TPSA) is 69.9 Å². The molecule has 0 aliphatic heterocycles. The van der Waals surface area contributed by atoms with Crippen LogP contribution in [-0.2, 0) is 4.74 Å². The lowest BCUT2D eigenvalue weighted by Gasteiger charge is -2.01. The van der Waals surface area contributed by atoms with Crippen LogP contribution in [0.15, 0.2) is 24.7 Å². The van der Waals surface area contributed by atoms with Crippen molar-refractivity contribution in [3.8, 4) is 0 Å². The molecule has 70 valence electrons. The minimum Gasteiger partial charge on any atom is -0.516 e. The van der Waals surface area contributed by atoms with Gasteiger partial charge in [-0.2, -0.15) is 0 Å². The smallest absolute Gasteiger partial charge is 0.154 e. The summed E-state index contributed by atoms with van der Waals surface area (Å²) in [6, 6.07) is 0. The Morgan fingerprint density at radius 2 is 2.00 bits per heavy atom. The molecule has 0 amide bonds. The van der Waals surface area contributed by atoms with Gasteiger partial charge >= 0.3 is 0 Å². The average molecular weight is 174 g/mol. The fourth-order valence-electron chi connectivity index (χ4n) is 0.505. The maximum absolute atomic E-state index is 8.40. The van der Waals surface area contributed by atoms with E-state index in [-0.39, 0.29) is 13.0 Å². The molecule has 0 aromatic carbocycles. The second kappa shape index (κ2) is 8.10. The van der Waals surface area contributed by atoms with Crippen molar-refractivity contribution in [2.45, 2.75) is 19.1 Å². The van der Waals surface area contributed by atoms with Gasteiger partial charge in [0.05, 0.1) is 19.1 Å². The van der Waals surface area contributed by atoms with Crippen LogP contribution in [0.25, 0.3) is 0 Å². The van der Waals surface area contributed by atoms with E-state index < -0.39 is 6.29 Å². The molecule has 0 aliphatic carbocycles. The molecular formula is C8H14O4. The molecule has 0 spiro atoms. The van der Waals surface area contributed by atoms with Crippen molar-refractivity contribution in [2.75, 3.05) is 6.61 Å². The number of allylic oxidation sites excluding steroid dienone is 2. The van der Waals surface area contributed by atoms with E-state index in [0.29, 0.717) is 6.42 Å². The van der Waals surface area contributed by atoms with Crippen LogP contribution in [0.1, 0.15) is 12.8 Å². The second-order valence-corrected chi connectivity index (χ2v) is 2.13. The number of aliphatic hydroxyl groups is 3. The number of hydrogen-bond donors (Lipinski definition) is 3. The SMILES string of the molecule is O/C=C\C/C=C\OCCC(O)O. The summed E-state index contributed by atoms with van der Waals surface area (Å²) < 4.78 is 4.87. The van der Waals surface area contributed by atoms with E-state index in [1.807, 2.05) is 0 Å². The Morgan fingerprint density at radius 1 is 1.25 bits per heavy atom. The summed E-state index contributed by atoms with van der Waals surface area (Å²) in [6.07, 6.45) is 5.16. The van der Waals surface area contributed by atoms with E-state index in [9.17, 15) is 0 Å². The molecule has 0 heterocycles. The molecule has 0 saturated heterocycles. The number of rotatable bonds is 6. The molecule has 3 N–H and O–H groups in total. The van der Waals surface area contributed by atoms with Gasteiger partial charge in [0.2, 0.25) is 0 Å². The van der Waals surface area contributed by atoms with Crippen LogP contribution in [0, 0.1) is 0 Å². The predicted octanol–water partition coefficient (Wildman–Crippen LogP) is 0.679. The Bertz CT molecular complexity index is 140. The minimum atomic E-state index is -1.31. The fourth-order valence-corrected chi connectivity index (χ4v) is 0.505. The molecule has 0 aromatic rings. The highest BCUT2D eigenvalue weighted by Crippen LogP contribution is 1.90. The van der Waals surface area contributed by atoms with E-state index in [4.69, 9.17) is 20.1 Å². The lowest BCUT2D eigenvalue weighted by molar-refractivity contribution is -0.0548. The Balaban J connectivity index is 3.13. The molecule has 0 radical (unpaired) electrons. The van der Waals surface area contributed by atoms with Crippen LogP contribution >= 0.6 is 0 Å². The van der Waals surface area contributed by atoms with Crippen LogP contribution in [0.5, 0.6) is 0 Å². The molecule has 4 heteroatoms. The number of ether oxygens (including phenoxy) is 1. The molecule has 0 unspecified atom stereocenters. The molecular weight excluding hydrogens is 160 g/mol. The molecule has 0 fully saturated rings. The van der Waals surface area contributed by atoms with Gasteiger partial charge in [0.1, 0.15) is 0 Å². The molecule has 4 nitrogen and oxygen atoms in total. The van der Waals surface area contributed by atoms with Gasteiger partial charge in [-0.15, -0.1) is 0 Å². The summed E-state index contributed by atoms with van der Waals surface area (Å²) in [5.74, 6) is 0. The monoisotopic (exact) mass is 174 g/mol. The Labute approximate surface area is 71.4 Å². The first-order valence-electron chi connectivity index (χ1n) is 3.69. The van der Waals surface area contributed by atoms with Crippen molar-refractivity contribution in [2.24, 2.45) is 0 Å². The molecule has 0 atom stereocenters. The van der Waals surface area contributed by atoms with Gasteiger partial charge < -0.3 is 20.1 Å². The van der Waals surface area contributed by atoms with Gasteiger partial charge in [-0.1, -0.05) is 0 Å². The molecule has 0 aromatic heterocycles. The first-order valence-corrected chi connectivity index (χ1v) is 3.69. The zero-order valence-corrected chi connectivity index (χ0v) is 6.76. The predicted molar refractivity (Wildman–Crippen MR) is 44.3 cm³/mol. The highest BCUT2D eigenvalue weighted by Gasteiger charge is 1.93. The van der Waals surface area contributed by atoms with E-state index in [1.54, 1.807) is 12.2 Å². The van der Waals surface area contributed by atoms with Gasteiger partial charge in [0.25, 0.3) is 0 Å². The summed E-state index contributed by atoms with van der Waals surface area (Å²) in [5.41, 5.74) is 0. The van der Waals surface area contributed by atoms with Crippen LogP contribution in [0.4, 0.5) is 0 Å². The molecule has 0 saturated carbocycles. The van der Waals surface area contributed by atoms with Crippen molar-refractivity contribution in [1.29, 1.82) is 0 Å². The largest absolute Gasteiger partial charge is 0.516 e. The maximum Gasteiger partial charge on any atom is 0.154 e. The standard InChI is InChI=1S/C8H14O4/c9-5-2-1-3-6-12-7-4-8(10)11/h2-3,5-6,8-11H,1,4,7H2/b5-2-,6-3-. The number of hydrogen-bond acceptors (Lipinski definition) is 4. The van der Waals surface area contributed by atoms with Crippen LogP contribution in [0.3, 0.4) is 0 Å².